The van der Waals surface area contributed by atoms with Crippen LogP contribution in [0.5, 0.6) is 0 Å². The van der Waals surface area contributed by atoms with E-state index in [0.717, 1.165) is 10.8 Å². The van der Waals surface area contributed by atoms with Crippen LogP contribution in [0, 0.1) is 46.3 Å². The second kappa shape index (κ2) is 2.18. The SMILES string of the molecule is C=CCCC12C3C4C1C1C2C3C41CCCC. The van der Waals surface area contributed by atoms with Gasteiger partial charge in [0, 0.05) is 0 Å². The third-order valence-corrected chi connectivity index (χ3v) is 7.79. The predicted molar refractivity (Wildman–Crippen MR) is 64.8 cm³/mol. The Balaban J connectivity index is 1.36. The normalized spacial score (nSPS) is 69.1. The highest BCUT2D eigenvalue weighted by Crippen LogP contribution is 3.11. The van der Waals surface area contributed by atoms with Crippen molar-refractivity contribution in [3.05, 3.63) is 12.7 Å². The fraction of sp³-hybridized carbons (Fsp3) is 0.875. The number of unbranched alkanes of at least 4 members (excludes halogenated alkanes) is 1. The first-order chi connectivity index (χ1) is 7.85. The quantitative estimate of drug-likeness (QED) is 0.589. The Labute approximate surface area is 98.5 Å². The van der Waals surface area contributed by atoms with Crippen LogP contribution in [-0.2, 0) is 0 Å². The van der Waals surface area contributed by atoms with Crippen molar-refractivity contribution in [1.82, 2.24) is 0 Å². The maximum atomic E-state index is 3.90. The Kier molecular flexibility index (Phi) is 1.19. The Hall–Kier alpha value is -0.260. The Morgan fingerprint density at radius 3 is 1.88 bits per heavy atom. The summed E-state index contributed by atoms with van der Waals surface area (Å²) >= 11 is 0. The number of hydrogen-bond donors (Lipinski definition) is 0. The molecule has 6 rings (SSSR count). The van der Waals surface area contributed by atoms with Crippen molar-refractivity contribution in [3.8, 4) is 0 Å². The standard InChI is InChI=1S/C16H22/c1-3-5-7-15-9-12-10(15)14-11(15)13(9)16(12,14)8-6-4-2/h3,9-14H,1,4-8H2,2H3. The molecule has 0 atom stereocenters. The zero-order valence-corrected chi connectivity index (χ0v) is 10.3. The van der Waals surface area contributed by atoms with Crippen LogP contribution in [-0.4, -0.2) is 0 Å². The zero-order valence-electron chi connectivity index (χ0n) is 10.3. The summed E-state index contributed by atoms with van der Waals surface area (Å²) < 4.78 is 0. The first kappa shape index (κ1) is 8.78. The van der Waals surface area contributed by atoms with Gasteiger partial charge in [-0.3, -0.25) is 0 Å². The van der Waals surface area contributed by atoms with E-state index in [0.29, 0.717) is 0 Å². The fourth-order valence-corrected chi connectivity index (χ4v) is 7.81. The lowest BCUT2D eigenvalue weighted by molar-refractivity contribution is -0.660. The molecule has 6 fully saturated rings. The van der Waals surface area contributed by atoms with Gasteiger partial charge in [-0.15, -0.1) is 6.58 Å². The van der Waals surface area contributed by atoms with E-state index in [1.54, 1.807) is 6.42 Å². The minimum absolute atomic E-state index is 0.919. The van der Waals surface area contributed by atoms with Gasteiger partial charge in [-0.2, -0.15) is 0 Å². The lowest BCUT2D eigenvalue weighted by Crippen LogP contribution is -3.09. The van der Waals surface area contributed by atoms with Gasteiger partial charge >= 0.3 is 0 Å². The van der Waals surface area contributed by atoms with Crippen LogP contribution in [0.3, 0.4) is 0 Å². The van der Waals surface area contributed by atoms with Gasteiger partial charge in [-0.25, -0.2) is 0 Å². The lowest BCUT2D eigenvalue weighted by atomic mass is 8.92. The van der Waals surface area contributed by atoms with Crippen LogP contribution in [0.1, 0.15) is 39.0 Å². The minimum atomic E-state index is 0.919. The van der Waals surface area contributed by atoms with Crippen molar-refractivity contribution in [3.63, 3.8) is 0 Å². The van der Waals surface area contributed by atoms with Gasteiger partial charge in [-0.05, 0) is 65.6 Å². The summed E-state index contributed by atoms with van der Waals surface area (Å²) in [7, 11) is 0. The van der Waals surface area contributed by atoms with Gasteiger partial charge in [0.25, 0.3) is 0 Å². The van der Waals surface area contributed by atoms with Gasteiger partial charge in [-0.1, -0.05) is 25.8 Å². The monoisotopic (exact) mass is 214 g/mol. The van der Waals surface area contributed by atoms with Gasteiger partial charge in [0.15, 0.2) is 0 Å². The molecule has 86 valence electrons. The summed E-state index contributed by atoms with van der Waals surface area (Å²) in [6.45, 7) is 6.26. The van der Waals surface area contributed by atoms with Crippen LogP contribution < -0.4 is 0 Å². The van der Waals surface area contributed by atoms with Crippen LogP contribution in [0.25, 0.3) is 0 Å². The molecule has 0 aliphatic heterocycles. The maximum absolute atomic E-state index is 3.90. The molecule has 0 unspecified atom stereocenters. The molecule has 0 bridgehead atoms. The van der Waals surface area contributed by atoms with Crippen molar-refractivity contribution < 1.29 is 0 Å². The third-order valence-electron chi connectivity index (χ3n) is 7.79. The van der Waals surface area contributed by atoms with Gasteiger partial charge in [0.1, 0.15) is 0 Å². The number of rotatable bonds is 6. The molecule has 6 aliphatic carbocycles. The summed E-state index contributed by atoms with van der Waals surface area (Å²) in [5.74, 6) is 7.40. The average molecular weight is 214 g/mol. The highest BCUT2D eigenvalue weighted by Gasteiger charge is 3.08. The topological polar surface area (TPSA) is 0 Å². The molecule has 6 aliphatic rings. The molecule has 0 aromatic rings. The number of hydrogen-bond acceptors (Lipinski definition) is 0. The van der Waals surface area contributed by atoms with Crippen LogP contribution in [0.2, 0.25) is 0 Å². The molecule has 0 heteroatoms. The molecule has 0 amide bonds. The predicted octanol–water partition coefficient (Wildman–Crippen LogP) is 3.88. The molecule has 0 aromatic carbocycles. The van der Waals surface area contributed by atoms with Crippen LogP contribution >= 0.6 is 0 Å². The van der Waals surface area contributed by atoms with Gasteiger partial charge < -0.3 is 0 Å². The molecule has 0 heterocycles. The van der Waals surface area contributed by atoms with Crippen molar-refractivity contribution in [2.75, 3.05) is 0 Å². The van der Waals surface area contributed by atoms with Crippen molar-refractivity contribution in [2.24, 2.45) is 46.3 Å². The van der Waals surface area contributed by atoms with E-state index in [4.69, 9.17) is 0 Å². The zero-order chi connectivity index (χ0) is 10.7. The second-order valence-electron chi connectivity index (χ2n) is 7.31. The van der Waals surface area contributed by atoms with Crippen LogP contribution in [0.15, 0.2) is 12.7 Å². The fourth-order valence-electron chi connectivity index (χ4n) is 7.81. The lowest BCUT2D eigenvalue weighted by Gasteiger charge is -3.12. The van der Waals surface area contributed by atoms with Gasteiger partial charge in [0.05, 0.1) is 0 Å². The Bertz CT molecular complexity index is 337. The molecule has 0 spiro atoms. The van der Waals surface area contributed by atoms with Crippen molar-refractivity contribution in [2.45, 2.75) is 39.0 Å². The summed E-state index contributed by atoms with van der Waals surface area (Å²) in [4.78, 5) is 0. The van der Waals surface area contributed by atoms with Gasteiger partial charge in [0.2, 0.25) is 0 Å². The summed E-state index contributed by atoms with van der Waals surface area (Å²) in [6.07, 6.45) is 9.46. The molecule has 16 heavy (non-hydrogen) atoms. The first-order valence-corrected chi connectivity index (χ1v) is 7.46. The van der Waals surface area contributed by atoms with Crippen molar-refractivity contribution in [1.29, 1.82) is 0 Å². The molecule has 0 aromatic heterocycles. The molecule has 0 nitrogen and oxygen atoms in total. The third kappa shape index (κ3) is 0.459. The Morgan fingerprint density at radius 2 is 1.44 bits per heavy atom. The van der Waals surface area contributed by atoms with E-state index in [9.17, 15) is 0 Å². The highest BCUT2D eigenvalue weighted by molar-refractivity contribution is 5.54. The summed E-state index contributed by atoms with van der Waals surface area (Å²) in [5.41, 5.74) is 1.88. The molecule has 6 saturated carbocycles. The molecule has 0 saturated heterocycles. The second-order valence-corrected chi connectivity index (χ2v) is 7.31. The summed E-state index contributed by atoms with van der Waals surface area (Å²) in [5, 5.41) is 0. The minimum Gasteiger partial charge on any atom is -0.103 e. The smallest absolute Gasteiger partial charge is 0.0192 e. The molecular formula is C16H22. The Morgan fingerprint density at radius 1 is 0.938 bits per heavy atom. The van der Waals surface area contributed by atoms with E-state index in [2.05, 4.69) is 19.6 Å². The van der Waals surface area contributed by atoms with Crippen molar-refractivity contribution >= 4 is 0 Å². The highest BCUT2D eigenvalue weighted by atomic mass is 15.1. The number of allylic oxidation sites excluding steroid dienone is 1. The van der Waals surface area contributed by atoms with E-state index in [1.165, 1.54) is 61.2 Å². The first-order valence-electron chi connectivity index (χ1n) is 7.46. The van der Waals surface area contributed by atoms with E-state index in [-0.39, 0.29) is 0 Å². The van der Waals surface area contributed by atoms with E-state index in [1.807, 2.05) is 0 Å². The average Bonchev–Trinajstić information content (AvgIpc) is 2.34. The van der Waals surface area contributed by atoms with Crippen LogP contribution in [0.4, 0.5) is 0 Å². The molecular weight excluding hydrogens is 192 g/mol. The largest absolute Gasteiger partial charge is 0.103 e. The maximum Gasteiger partial charge on any atom is -0.0192 e. The van der Waals surface area contributed by atoms with E-state index < -0.39 is 0 Å². The van der Waals surface area contributed by atoms with E-state index >= 15 is 0 Å². The summed E-state index contributed by atoms with van der Waals surface area (Å²) in [6, 6.07) is 0. The molecule has 0 N–H and O–H groups in total. The molecule has 0 radical (unpaired) electrons.